The number of rotatable bonds is 3. The van der Waals surface area contributed by atoms with Crippen LogP contribution in [0, 0.1) is 5.92 Å². The summed E-state index contributed by atoms with van der Waals surface area (Å²) in [6, 6.07) is 0. The highest BCUT2D eigenvalue weighted by atomic mass is 32.2. The van der Waals surface area contributed by atoms with Gasteiger partial charge in [0.05, 0.1) is 0 Å². The van der Waals surface area contributed by atoms with Crippen LogP contribution in [0.2, 0.25) is 0 Å². The molecule has 0 spiro atoms. The molecule has 0 aromatic carbocycles. The fourth-order valence-electron chi connectivity index (χ4n) is 3.99. The first-order valence-corrected chi connectivity index (χ1v) is 12.0. The van der Waals surface area contributed by atoms with E-state index in [0.717, 1.165) is 33.7 Å². The topological polar surface area (TPSA) is 58.3 Å². The lowest BCUT2D eigenvalue weighted by Gasteiger charge is -2.32. The minimum atomic E-state index is 0.0589. The third-order valence-corrected chi connectivity index (χ3v) is 8.04. The number of hydrogen-bond acceptors (Lipinski definition) is 8. The number of amidine groups is 1. The van der Waals surface area contributed by atoms with Crippen molar-refractivity contribution in [1.82, 2.24) is 20.2 Å². The number of thiophene rings is 1. The van der Waals surface area contributed by atoms with E-state index in [1.807, 2.05) is 11.3 Å². The van der Waals surface area contributed by atoms with Gasteiger partial charge < -0.3 is 0 Å². The lowest BCUT2D eigenvalue weighted by Crippen LogP contribution is -2.38. The molecule has 0 fully saturated rings. The monoisotopic (exact) mass is 406 g/mol. The van der Waals surface area contributed by atoms with E-state index in [1.54, 1.807) is 28.4 Å². The maximum absolute atomic E-state index is 4.64. The summed E-state index contributed by atoms with van der Waals surface area (Å²) in [7, 11) is 0. The Hall–Kier alpha value is -1.19. The first-order valence-electron chi connectivity index (χ1n) is 9.21. The zero-order valence-electron chi connectivity index (χ0n) is 15.2. The highest BCUT2D eigenvalue weighted by molar-refractivity contribution is 8.14. The van der Waals surface area contributed by atoms with E-state index in [0.29, 0.717) is 0 Å². The van der Waals surface area contributed by atoms with Gasteiger partial charge in [-0.1, -0.05) is 44.3 Å². The van der Waals surface area contributed by atoms with Gasteiger partial charge >= 0.3 is 0 Å². The molecule has 0 saturated carbocycles. The Kier molecular flexibility index (Phi) is 4.21. The second kappa shape index (κ2) is 6.45. The Morgan fingerprint density at radius 3 is 2.88 bits per heavy atom. The molecule has 0 saturated heterocycles. The maximum Gasteiger partial charge on any atom is 0.241 e. The van der Waals surface area contributed by atoms with Gasteiger partial charge in [0.2, 0.25) is 5.95 Å². The number of fused-ring (bicyclic) bond motifs is 8. The Morgan fingerprint density at radius 2 is 2.08 bits per heavy atom. The van der Waals surface area contributed by atoms with E-state index in [4.69, 9.17) is 0 Å². The van der Waals surface area contributed by atoms with Crippen molar-refractivity contribution in [2.24, 2.45) is 11.0 Å². The Balaban J connectivity index is 1.71. The lowest BCUT2D eigenvalue weighted by molar-refractivity contribution is 0.498. The molecule has 5 rings (SSSR count). The average Bonchev–Trinajstić information content (AvgIpc) is 3.30. The van der Waals surface area contributed by atoms with Crippen LogP contribution in [0.4, 0.5) is 5.95 Å². The molecule has 6 nitrogen and oxygen atoms in total. The number of thioether (sulfide) groups is 2. The summed E-state index contributed by atoms with van der Waals surface area (Å²) in [5.41, 5.74) is 6.33. The number of hydrazone groups is 1. The van der Waals surface area contributed by atoms with Crippen LogP contribution in [0.15, 0.2) is 10.3 Å². The van der Waals surface area contributed by atoms with Gasteiger partial charge in [0.25, 0.3) is 0 Å². The summed E-state index contributed by atoms with van der Waals surface area (Å²) in [6.07, 6.45) is 3.68. The molecule has 2 aromatic rings. The first kappa shape index (κ1) is 16.9. The molecule has 4 heterocycles. The smallest absolute Gasteiger partial charge is 0.241 e. The second-order valence-corrected chi connectivity index (χ2v) is 10.4. The summed E-state index contributed by atoms with van der Waals surface area (Å²) in [6.45, 7) is 6.69. The van der Waals surface area contributed by atoms with Crippen LogP contribution in [0.1, 0.15) is 49.4 Å². The second-order valence-electron chi connectivity index (χ2n) is 6.85. The maximum atomic E-state index is 4.64. The fraction of sp³-hybridized carbons (Fsp3) is 0.588. The van der Waals surface area contributed by atoms with Crippen LogP contribution in [0.5, 0.6) is 0 Å². The van der Waals surface area contributed by atoms with Gasteiger partial charge in [-0.15, -0.1) is 21.5 Å². The summed E-state index contributed by atoms with van der Waals surface area (Å²) < 4.78 is 2.27. The van der Waals surface area contributed by atoms with Gasteiger partial charge in [-0.3, -0.25) is 10.3 Å². The Morgan fingerprint density at radius 1 is 1.23 bits per heavy atom. The van der Waals surface area contributed by atoms with Crippen molar-refractivity contribution in [1.29, 1.82) is 0 Å². The predicted octanol–water partition coefficient (Wildman–Crippen LogP) is 4.01. The molecule has 1 aliphatic carbocycles. The highest BCUT2D eigenvalue weighted by Crippen LogP contribution is 2.49. The summed E-state index contributed by atoms with van der Waals surface area (Å²) in [5.74, 6) is 3.64. The molecule has 1 N–H and O–H groups in total. The molecular formula is C17H22N6S3. The molecule has 2 unspecified atom stereocenters. The molecule has 9 heteroatoms. The van der Waals surface area contributed by atoms with Gasteiger partial charge in [0, 0.05) is 10.4 Å². The van der Waals surface area contributed by atoms with E-state index >= 15 is 0 Å². The lowest BCUT2D eigenvalue weighted by atomic mass is 9.87. The number of hydrogen-bond donors (Lipinski definition) is 1. The van der Waals surface area contributed by atoms with Crippen LogP contribution in [0.25, 0.3) is 5.00 Å². The fourth-order valence-corrected chi connectivity index (χ4v) is 6.95. The Labute approximate surface area is 165 Å². The van der Waals surface area contributed by atoms with E-state index < -0.39 is 0 Å². The number of nitrogens with one attached hydrogen (secondary N) is 1. The molecule has 2 aromatic heterocycles. The van der Waals surface area contributed by atoms with Crippen molar-refractivity contribution in [2.75, 3.05) is 16.4 Å². The minimum Gasteiger partial charge on any atom is -0.280 e. The molecule has 2 aliphatic heterocycles. The summed E-state index contributed by atoms with van der Waals surface area (Å²) in [4.78, 5) is 3.79. The van der Waals surface area contributed by atoms with Gasteiger partial charge in [-0.25, -0.2) is 4.57 Å². The zero-order chi connectivity index (χ0) is 17.8. The molecule has 0 bridgehead atoms. The van der Waals surface area contributed by atoms with Gasteiger partial charge in [-0.2, -0.15) is 5.10 Å². The number of nitrogens with zero attached hydrogens (tertiary/aromatic N) is 5. The van der Waals surface area contributed by atoms with Crippen molar-refractivity contribution in [3.63, 3.8) is 0 Å². The molecule has 0 amide bonds. The largest absolute Gasteiger partial charge is 0.280 e. The molecule has 3 aliphatic rings. The van der Waals surface area contributed by atoms with Crippen molar-refractivity contribution in [3.8, 4) is 5.00 Å². The predicted molar refractivity (Wildman–Crippen MR) is 111 cm³/mol. The van der Waals surface area contributed by atoms with Crippen molar-refractivity contribution in [3.05, 3.63) is 16.0 Å². The molecule has 138 valence electrons. The van der Waals surface area contributed by atoms with E-state index in [9.17, 15) is 0 Å². The van der Waals surface area contributed by atoms with Gasteiger partial charge in [-0.05, 0) is 42.2 Å². The van der Waals surface area contributed by atoms with E-state index in [-0.39, 0.29) is 6.17 Å². The SMILES string of the molecule is CCSC1=NNC2c3c(sc4c3CCC(C)C4)-n3c(SCC)nnc3N12. The van der Waals surface area contributed by atoms with Crippen LogP contribution < -0.4 is 10.3 Å². The third-order valence-electron chi connectivity index (χ3n) is 5.13. The van der Waals surface area contributed by atoms with Crippen molar-refractivity contribution < 1.29 is 0 Å². The number of anilines is 1. The van der Waals surface area contributed by atoms with Crippen LogP contribution in [0.3, 0.4) is 0 Å². The molecule has 0 radical (unpaired) electrons. The molecule has 2 atom stereocenters. The molecular weight excluding hydrogens is 384 g/mol. The zero-order valence-corrected chi connectivity index (χ0v) is 17.6. The first-order chi connectivity index (χ1) is 12.7. The van der Waals surface area contributed by atoms with Gasteiger partial charge in [0.15, 0.2) is 16.5 Å². The van der Waals surface area contributed by atoms with Crippen LogP contribution in [-0.4, -0.2) is 31.4 Å². The van der Waals surface area contributed by atoms with Crippen LogP contribution in [-0.2, 0) is 12.8 Å². The summed E-state index contributed by atoms with van der Waals surface area (Å²) >= 11 is 5.45. The minimum absolute atomic E-state index is 0.0589. The third kappa shape index (κ3) is 2.36. The normalized spacial score (nSPS) is 23.0. The van der Waals surface area contributed by atoms with Crippen molar-refractivity contribution in [2.45, 2.75) is 51.4 Å². The van der Waals surface area contributed by atoms with E-state index in [1.165, 1.54) is 35.4 Å². The molecule has 26 heavy (non-hydrogen) atoms. The van der Waals surface area contributed by atoms with Gasteiger partial charge in [0.1, 0.15) is 5.00 Å². The highest BCUT2D eigenvalue weighted by Gasteiger charge is 2.44. The average molecular weight is 407 g/mol. The summed E-state index contributed by atoms with van der Waals surface area (Å²) in [5, 5.41) is 17.0. The quantitative estimate of drug-likeness (QED) is 0.777. The number of aromatic nitrogens is 3. The standard InChI is InChI=1S/C17H22N6S3/c1-4-24-16-20-18-13-12-10-7-6-9(3)8-11(10)26-14(12)23-15(22(13)16)19-21-17(23)25-5-2/h9,13,18H,4-8H2,1-3H3. The van der Waals surface area contributed by atoms with Crippen molar-refractivity contribution >= 4 is 46.0 Å². The van der Waals surface area contributed by atoms with Crippen LogP contribution >= 0.6 is 34.9 Å². The van der Waals surface area contributed by atoms with E-state index in [2.05, 4.69) is 51.0 Å². The Bertz CT molecular complexity index is 885.